The summed E-state index contributed by atoms with van der Waals surface area (Å²) in [6.07, 6.45) is 4.81. The number of hydrogen-bond acceptors (Lipinski definition) is 3. The molecule has 0 saturated heterocycles. The van der Waals surface area contributed by atoms with E-state index < -0.39 is 0 Å². The number of nitrogens with one attached hydrogen (secondary N) is 1. The summed E-state index contributed by atoms with van der Waals surface area (Å²) in [4.78, 5) is 14.0. The Bertz CT molecular complexity index is 937. The molecule has 0 saturated carbocycles. The van der Waals surface area contributed by atoms with Crippen molar-refractivity contribution in [3.63, 3.8) is 0 Å². The third-order valence-corrected chi connectivity index (χ3v) is 5.33. The molecule has 136 valence electrons. The molecule has 0 fully saturated rings. The minimum Gasteiger partial charge on any atom is -0.496 e. The highest BCUT2D eigenvalue weighted by Gasteiger charge is 2.16. The van der Waals surface area contributed by atoms with Crippen molar-refractivity contribution in [2.75, 3.05) is 13.7 Å². The first-order chi connectivity index (χ1) is 12.6. The average molecular weight is 369 g/mol. The topological polar surface area (TPSA) is 43.3 Å². The minimum absolute atomic E-state index is 0.0366. The fourth-order valence-electron chi connectivity index (χ4n) is 3.07. The van der Waals surface area contributed by atoms with Crippen LogP contribution in [0.3, 0.4) is 0 Å². The molecule has 2 heterocycles. The zero-order valence-corrected chi connectivity index (χ0v) is 16.2. The summed E-state index contributed by atoms with van der Waals surface area (Å²) in [5.74, 6) is 0.819. The number of methoxy groups -OCH3 is 1. The summed E-state index contributed by atoms with van der Waals surface area (Å²) in [7, 11) is 1.67. The van der Waals surface area contributed by atoms with Crippen molar-refractivity contribution in [2.24, 2.45) is 0 Å². The van der Waals surface area contributed by atoms with Crippen molar-refractivity contribution in [3.05, 3.63) is 64.7 Å². The molecule has 1 aromatic carbocycles. The van der Waals surface area contributed by atoms with Gasteiger partial charge in [0.25, 0.3) is 5.91 Å². The van der Waals surface area contributed by atoms with Crippen LogP contribution < -0.4 is 10.1 Å². The lowest BCUT2D eigenvalue weighted by atomic mass is 10.1. The van der Waals surface area contributed by atoms with Gasteiger partial charge in [0.15, 0.2) is 0 Å². The van der Waals surface area contributed by atoms with E-state index in [-0.39, 0.29) is 5.91 Å². The van der Waals surface area contributed by atoms with E-state index >= 15 is 0 Å². The van der Waals surface area contributed by atoms with Crippen LogP contribution in [0, 0.1) is 6.92 Å². The number of ether oxygens (including phenoxy) is 1. The number of benzene rings is 1. The number of fused-ring (bicyclic) bond motifs is 1. The Kier molecular flexibility index (Phi) is 5.78. The van der Waals surface area contributed by atoms with Crippen molar-refractivity contribution < 1.29 is 9.53 Å². The van der Waals surface area contributed by atoms with Crippen LogP contribution in [0.4, 0.5) is 0 Å². The maximum Gasteiger partial charge on any atom is 0.267 e. The van der Waals surface area contributed by atoms with Crippen LogP contribution in [0.5, 0.6) is 5.75 Å². The Balaban J connectivity index is 1.74. The molecule has 2 aromatic heterocycles. The molecular formula is C21H24N2O2S. The van der Waals surface area contributed by atoms with E-state index in [4.69, 9.17) is 4.74 Å². The fraction of sp³-hybridized carbons (Fsp3) is 0.286. The van der Waals surface area contributed by atoms with E-state index in [1.807, 2.05) is 43.3 Å². The second-order valence-corrected chi connectivity index (χ2v) is 7.42. The monoisotopic (exact) mass is 368 g/mol. The van der Waals surface area contributed by atoms with Gasteiger partial charge in [-0.15, -0.1) is 11.3 Å². The highest BCUT2D eigenvalue weighted by Crippen LogP contribution is 2.28. The lowest BCUT2D eigenvalue weighted by molar-refractivity contribution is 0.0945. The number of para-hydroxylation sites is 1. The SMILES string of the molecule is C/C=C/Cn1c(C(=O)NCCc2ccccc2OC)cc2sc(C)cc21. The van der Waals surface area contributed by atoms with Crippen LogP contribution in [0.15, 0.2) is 48.6 Å². The number of allylic oxidation sites excluding steroid dienone is 2. The van der Waals surface area contributed by atoms with Gasteiger partial charge in [-0.2, -0.15) is 0 Å². The molecule has 0 unspecified atom stereocenters. The van der Waals surface area contributed by atoms with Crippen LogP contribution in [0.1, 0.15) is 27.9 Å². The first-order valence-electron chi connectivity index (χ1n) is 8.75. The van der Waals surface area contributed by atoms with Gasteiger partial charge in [-0.3, -0.25) is 4.79 Å². The van der Waals surface area contributed by atoms with Gasteiger partial charge in [0.1, 0.15) is 11.4 Å². The summed E-state index contributed by atoms with van der Waals surface area (Å²) in [6, 6.07) is 12.0. The molecule has 26 heavy (non-hydrogen) atoms. The lowest BCUT2D eigenvalue weighted by Gasteiger charge is -2.11. The quantitative estimate of drug-likeness (QED) is 0.621. The minimum atomic E-state index is -0.0366. The van der Waals surface area contributed by atoms with E-state index in [9.17, 15) is 4.79 Å². The van der Waals surface area contributed by atoms with Crippen molar-refractivity contribution in [3.8, 4) is 5.75 Å². The van der Waals surface area contributed by atoms with Crippen LogP contribution >= 0.6 is 11.3 Å². The standard InChI is InChI=1S/C21H24N2O2S/c1-4-5-12-23-17-13-15(2)26-20(17)14-18(23)21(24)22-11-10-16-8-6-7-9-19(16)25-3/h4-9,13-14H,10-12H2,1-3H3,(H,22,24)/b5-4+. The zero-order chi connectivity index (χ0) is 18.5. The Labute approximate surface area is 158 Å². The molecule has 0 radical (unpaired) electrons. The van der Waals surface area contributed by atoms with Crippen molar-refractivity contribution in [1.29, 1.82) is 0 Å². The fourth-order valence-corrected chi connectivity index (χ4v) is 4.03. The smallest absolute Gasteiger partial charge is 0.267 e. The molecule has 3 rings (SSSR count). The van der Waals surface area contributed by atoms with Crippen molar-refractivity contribution in [2.45, 2.75) is 26.8 Å². The van der Waals surface area contributed by atoms with Gasteiger partial charge in [0.05, 0.1) is 17.3 Å². The molecule has 1 N–H and O–H groups in total. The molecule has 0 spiro atoms. The van der Waals surface area contributed by atoms with Crippen LogP contribution in [-0.4, -0.2) is 24.1 Å². The average Bonchev–Trinajstić information content (AvgIpc) is 3.16. The van der Waals surface area contributed by atoms with E-state index in [1.54, 1.807) is 18.4 Å². The van der Waals surface area contributed by atoms with Crippen LogP contribution in [-0.2, 0) is 13.0 Å². The Hall–Kier alpha value is -2.53. The molecule has 0 aliphatic rings. The summed E-state index contributed by atoms with van der Waals surface area (Å²) >= 11 is 1.72. The number of hydrogen-bond donors (Lipinski definition) is 1. The second-order valence-electron chi connectivity index (χ2n) is 6.13. The van der Waals surface area contributed by atoms with Gasteiger partial charge in [-0.05, 0) is 44.0 Å². The Morgan fingerprint density at radius 1 is 1.31 bits per heavy atom. The largest absolute Gasteiger partial charge is 0.496 e. The number of nitrogens with zero attached hydrogens (tertiary/aromatic N) is 1. The number of carbonyl (C=O) groups is 1. The van der Waals surface area contributed by atoms with Gasteiger partial charge in [-0.1, -0.05) is 30.4 Å². The van der Waals surface area contributed by atoms with Gasteiger partial charge in [0, 0.05) is 18.0 Å². The number of amides is 1. The zero-order valence-electron chi connectivity index (χ0n) is 15.4. The summed E-state index contributed by atoms with van der Waals surface area (Å²) < 4.78 is 8.60. The van der Waals surface area contributed by atoms with Crippen LogP contribution in [0.2, 0.25) is 0 Å². The highest BCUT2D eigenvalue weighted by atomic mass is 32.1. The predicted octanol–water partition coefficient (Wildman–Crippen LogP) is 4.57. The van der Waals surface area contributed by atoms with Crippen molar-refractivity contribution in [1.82, 2.24) is 9.88 Å². The molecule has 4 nitrogen and oxygen atoms in total. The summed E-state index contributed by atoms with van der Waals surface area (Å²) in [5.41, 5.74) is 2.93. The van der Waals surface area contributed by atoms with E-state index in [1.165, 1.54) is 4.88 Å². The normalized spacial score (nSPS) is 11.3. The number of carbonyl (C=O) groups excluding carboxylic acids is 1. The van der Waals surface area contributed by atoms with Gasteiger partial charge < -0.3 is 14.6 Å². The van der Waals surface area contributed by atoms with Gasteiger partial charge >= 0.3 is 0 Å². The third kappa shape index (κ3) is 3.83. The third-order valence-electron chi connectivity index (χ3n) is 4.34. The predicted molar refractivity (Wildman–Crippen MR) is 108 cm³/mol. The maximum atomic E-state index is 12.7. The molecule has 0 aliphatic carbocycles. The first-order valence-corrected chi connectivity index (χ1v) is 9.56. The molecule has 0 aliphatic heterocycles. The first kappa shape index (κ1) is 18.3. The van der Waals surface area contributed by atoms with Crippen LogP contribution in [0.25, 0.3) is 10.2 Å². The summed E-state index contributed by atoms with van der Waals surface area (Å²) in [5, 5.41) is 3.05. The molecule has 5 heteroatoms. The molecule has 0 atom stereocenters. The van der Waals surface area contributed by atoms with E-state index in [0.29, 0.717) is 18.8 Å². The number of thiophene rings is 1. The summed E-state index contributed by atoms with van der Waals surface area (Å²) in [6.45, 7) is 5.36. The number of aromatic nitrogens is 1. The Morgan fingerprint density at radius 3 is 2.88 bits per heavy atom. The lowest BCUT2D eigenvalue weighted by Crippen LogP contribution is -2.28. The molecular weight excluding hydrogens is 344 g/mol. The maximum absolute atomic E-state index is 12.7. The number of aryl methyl sites for hydroxylation is 1. The molecule has 0 bridgehead atoms. The van der Waals surface area contributed by atoms with Gasteiger partial charge in [0.2, 0.25) is 0 Å². The van der Waals surface area contributed by atoms with Gasteiger partial charge in [-0.25, -0.2) is 0 Å². The Morgan fingerprint density at radius 2 is 2.12 bits per heavy atom. The van der Waals surface area contributed by atoms with Crippen molar-refractivity contribution >= 4 is 27.5 Å². The molecule has 3 aromatic rings. The van der Waals surface area contributed by atoms with E-state index in [2.05, 4.69) is 29.0 Å². The molecule has 1 amide bonds. The van der Waals surface area contributed by atoms with E-state index in [0.717, 1.165) is 28.0 Å². The number of rotatable bonds is 7. The second kappa shape index (κ2) is 8.23. The highest BCUT2D eigenvalue weighted by molar-refractivity contribution is 7.19.